The number of halogens is 1. The first-order valence-electron chi connectivity index (χ1n) is 8.91. The van der Waals surface area contributed by atoms with Gasteiger partial charge in [0.05, 0.1) is 16.0 Å². The molecule has 1 N–H and O–H groups in total. The highest BCUT2D eigenvalue weighted by atomic mass is 35.5. The van der Waals surface area contributed by atoms with Crippen LogP contribution in [-0.4, -0.2) is 26.8 Å². The first-order chi connectivity index (χ1) is 15.0. The van der Waals surface area contributed by atoms with Gasteiger partial charge < -0.3 is 14.2 Å². The summed E-state index contributed by atoms with van der Waals surface area (Å²) < 4.78 is 11.7. The molecule has 8 nitrogen and oxygen atoms in total. The lowest BCUT2D eigenvalue weighted by Crippen LogP contribution is -2.13. The molecule has 1 amide bonds. The van der Waals surface area contributed by atoms with Crippen LogP contribution in [0, 0.1) is 0 Å². The van der Waals surface area contributed by atoms with Crippen LogP contribution < -0.4 is 10.9 Å². The molecule has 0 aliphatic carbocycles. The predicted octanol–water partition coefficient (Wildman–Crippen LogP) is 4.84. The van der Waals surface area contributed by atoms with Crippen molar-refractivity contribution in [2.24, 2.45) is 0 Å². The summed E-state index contributed by atoms with van der Waals surface area (Å²) in [7, 11) is 0. The molecule has 0 unspecified atom stereocenters. The van der Waals surface area contributed by atoms with Gasteiger partial charge in [0, 0.05) is 10.4 Å². The lowest BCUT2D eigenvalue weighted by molar-refractivity contribution is -0.113. The molecule has 0 radical (unpaired) electrons. The Labute approximate surface area is 187 Å². The lowest BCUT2D eigenvalue weighted by atomic mass is 10.2. The van der Waals surface area contributed by atoms with E-state index < -0.39 is 5.63 Å². The second-order valence-corrected chi connectivity index (χ2v) is 8.72. The summed E-state index contributed by atoms with van der Waals surface area (Å²) in [5.74, 6) is -0.212. The zero-order valence-corrected chi connectivity index (χ0v) is 17.9. The number of hydrogen-bond donors (Lipinski definition) is 1. The minimum Gasteiger partial charge on any atom is -0.422 e. The van der Waals surface area contributed by atoms with E-state index in [4.69, 9.17) is 20.4 Å². The summed E-state index contributed by atoms with van der Waals surface area (Å²) in [5.41, 5.74) is 0.815. The molecule has 0 saturated heterocycles. The minimum atomic E-state index is -0.576. The van der Waals surface area contributed by atoms with Crippen molar-refractivity contribution >= 4 is 66.9 Å². The van der Waals surface area contributed by atoms with Gasteiger partial charge in [0.15, 0.2) is 5.13 Å². The number of fused-ring (bicyclic) bond motifs is 2. The van der Waals surface area contributed by atoms with E-state index in [2.05, 4.69) is 20.5 Å². The topological polar surface area (TPSA) is 111 Å². The Balaban J connectivity index is 1.27. The van der Waals surface area contributed by atoms with Crippen LogP contribution in [0.5, 0.6) is 0 Å². The molecular formula is C20H11ClN4O4S2. The van der Waals surface area contributed by atoms with E-state index in [1.165, 1.54) is 11.3 Å². The fourth-order valence-electron chi connectivity index (χ4n) is 2.82. The maximum Gasteiger partial charge on any atom is 0.349 e. The minimum absolute atomic E-state index is 0.0324. The Morgan fingerprint density at radius 3 is 2.90 bits per heavy atom. The second kappa shape index (κ2) is 8.14. The fourth-order valence-corrected chi connectivity index (χ4v) is 4.54. The molecule has 11 heteroatoms. The van der Waals surface area contributed by atoms with Gasteiger partial charge in [-0.05, 0) is 30.3 Å². The van der Waals surface area contributed by atoms with Crippen molar-refractivity contribution in [1.82, 2.24) is 15.2 Å². The normalized spacial score (nSPS) is 11.3. The number of thiazole rings is 1. The van der Waals surface area contributed by atoms with Crippen LogP contribution in [0.3, 0.4) is 0 Å². The summed E-state index contributed by atoms with van der Waals surface area (Å²) in [6, 6.07) is 14.1. The molecule has 154 valence electrons. The Bertz CT molecular complexity index is 1490. The molecule has 3 heterocycles. The third-order valence-corrected chi connectivity index (χ3v) is 6.19. The van der Waals surface area contributed by atoms with Gasteiger partial charge in [-0.15, -0.1) is 10.2 Å². The van der Waals surface area contributed by atoms with Crippen LogP contribution in [0.15, 0.2) is 67.4 Å². The summed E-state index contributed by atoms with van der Waals surface area (Å²) in [5, 5.41) is 12.5. The number of benzene rings is 2. The number of thioether (sulfide) groups is 1. The molecule has 0 aliphatic heterocycles. The molecule has 3 aromatic heterocycles. The number of aromatic nitrogens is 3. The first kappa shape index (κ1) is 19.7. The van der Waals surface area contributed by atoms with Crippen molar-refractivity contribution in [1.29, 1.82) is 0 Å². The van der Waals surface area contributed by atoms with Crippen LogP contribution in [0.4, 0.5) is 5.13 Å². The van der Waals surface area contributed by atoms with E-state index >= 15 is 0 Å². The van der Waals surface area contributed by atoms with Gasteiger partial charge in [-0.3, -0.25) is 4.79 Å². The van der Waals surface area contributed by atoms with Crippen molar-refractivity contribution in [2.75, 3.05) is 11.1 Å². The van der Waals surface area contributed by atoms with Crippen LogP contribution >= 0.6 is 34.7 Å². The van der Waals surface area contributed by atoms with Crippen molar-refractivity contribution < 1.29 is 13.6 Å². The summed E-state index contributed by atoms with van der Waals surface area (Å²) >= 11 is 8.36. The largest absolute Gasteiger partial charge is 0.422 e. The summed E-state index contributed by atoms with van der Waals surface area (Å²) in [6.45, 7) is 0. The highest BCUT2D eigenvalue weighted by Gasteiger charge is 2.16. The van der Waals surface area contributed by atoms with E-state index in [1.807, 2.05) is 12.1 Å². The number of carbonyl (C=O) groups excluding carboxylic acids is 1. The van der Waals surface area contributed by atoms with E-state index in [1.54, 1.807) is 36.4 Å². The first-order valence-corrected chi connectivity index (χ1v) is 11.1. The van der Waals surface area contributed by atoms with Gasteiger partial charge >= 0.3 is 5.63 Å². The smallest absolute Gasteiger partial charge is 0.349 e. The second-order valence-electron chi connectivity index (χ2n) is 6.33. The molecule has 0 atom stereocenters. The van der Waals surface area contributed by atoms with E-state index in [0.29, 0.717) is 15.7 Å². The van der Waals surface area contributed by atoms with E-state index in [9.17, 15) is 9.59 Å². The molecule has 5 aromatic rings. The van der Waals surface area contributed by atoms with Gasteiger partial charge in [-0.1, -0.05) is 52.9 Å². The van der Waals surface area contributed by atoms with Crippen LogP contribution in [0.1, 0.15) is 0 Å². The number of anilines is 1. The Kier molecular flexibility index (Phi) is 5.18. The summed E-state index contributed by atoms with van der Waals surface area (Å²) in [6.07, 6.45) is 0. The summed E-state index contributed by atoms with van der Waals surface area (Å²) in [4.78, 5) is 28.8. The predicted molar refractivity (Wildman–Crippen MR) is 120 cm³/mol. The van der Waals surface area contributed by atoms with Crippen molar-refractivity contribution in [3.05, 3.63) is 64.0 Å². The van der Waals surface area contributed by atoms with Crippen LogP contribution in [-0.2, 0) is 4.79 Å². The number of amides is 1. The van der Waals surface area contributed by atoms with Crippen molar-refractivity contribution in [2.45, 2.75) is 5.22 Å². The number of nitrogens with zero attached hydrogens (tertiary/aromatic N) is 3. The fraction of sp³-hybridized carbons (Fsp3) is 0.0500. The molecule has 0 bridgehead atoms. The van der Waals surface area contributed by atoms with Gasteiger partial charge in [-0.2, -0.15) is 0 Å². The number of para-hydroxylation sites is 1. The van der Waals surface area contributed by atoms with Gasteiger partial charge in [-0.25, -0.2) is 9.78 Å². The third kappa shape index (κ3) is 4.18. The highest BCUT2D eigenvalue weighted by Crippen LogP contribution is 2.29. The molecule has 2 aromatic carbocycles. The van der Waals surface area contributed by atoms with Gasteiger partial charge in [0.2, 0.25) is 5.91 Å². The average Bonchev–Trinajstić information content (AvgIpc) is 3.38. The zero-order chi connectivity index (χ0) is 21.4. The maximum absolute atomic E-state index is 12.3. The van der Waals surface area contributed by atoms with Crippen LogP contribution in [0.2, 0.25) is 5.02 Å². The van der Waals surface area contributed by atoms with E-state index in [0.717, 1.165) is 27.4 Å². The molecule has 5 rings (SSSR count). The number of rotatable bonds is 5. The number of hydrogen-bond acceptors (Lipinski definition) is 9. The van der Waals surface area contributed by atoms with Gasteiger partial charge in [0.1, 0.15) is 11.1 Å². The average molecular weight is 471 g/mol. The SMILES string of the molecule is O=C(CSc1nnc(-c2cc3ccccc3oc2=O)o1)Nc1nc2ccc(Cl)cc2s1. The molecule has 0 saturated carbocycles. The molecule has 0 spiro atoms. The Hall–Kier alpha value is -3.21. The van der Waals surface area contributed by atoms with Crippen LogP contribution in [0.25, 0.3) is 32.6 Å². The third-order valence-electron chi connectivity index (χ3n) is 4.20. The number of carbonyl (C=O) groups is 1. The van der Waals surface area contributed by atoms with E-state index in [-0.39, 0.29) is 28.3 Å². The molecular weight excluding hydrogens is 460 g/mol. The van der Waals surface area contributed by atoms with Gasteiger partial charge in [0.25, 0.3) is 11.1 Å². The number of nitrogens with one attached hydrogen (secondary N) is 1. The van der Waals surface area contributed by atoms with Crippen molar-refractivity contribution in [3.8, 4) is 11.5 Å². The maximum atomic E-state index is 12.3. The standard InChI is InChI=1S/C20H11ClN4O4S2/c21-11-5-6-13-15(8-11)31-19(22-13)23-16(26)9-30-20-25-24-17(29-20)12-7-10-3-1-2-4-14(10)28-18(12)27/h1-8H,9H2,(H,22,23,26). The molecule has 0 fully saturated rings. The zero-order valence-electron chi connectivity index (χ0n) is 15.5. The lowest BCUT2D eigenvalue weighted by Gasteiger charge is -1.99. The highest BCUT2D eigenvalue weighted by molar-refractivity contribution is 7.99. The molecule has 31 heavy (non-hydrogen) atoms. The Morgan fingerprint density at radius 1 is 1.13 bits per heavy atom. The van der Waals surface area contributed by atoms with Crippen molar-refractivity contribution in [3.63, 3.8) is 0 Å². The monoisotopic (exact) mass is 470 g/mol. The Morgan fingerprint density at radius 2 is 2.00 bits per heavy atom. The molecule has 0 aliphatic rings. The quantitative estimate of drug-likeness (QED) is 0.287.